The number of benzene rings is 1. The number of nitrogens with zero attached hydrogens (tertiary/aromatic N) is 1. The maximum absolute atomic E-state index is 8.39. The largest absolute Gasteiger partial charge is 0.409 e. The van der Waals surface area contributed by atoms with Gasteiger partial charge in [-0.15, -0.1) is 11.8 Å². The fourth-order valence-corrected chi connectivity index (χ4v) is 2.06. The summed E-state index contributed by atoms with van der Waals surface area (Å²) in [5, 5.41) is 13.5. The Labute approximate surface area is 91.2 Å². The normalized spacial score (nSPS) is 12.1. The van der Waals surface area contributed by atoms with Gasteiger partial charge in [0.15, 0.2) is 0 Å². The summed E-state index contributed by atoms with van der Waals surface area (Å²) < 4.78 is 0. The Morgan fingerprint density at radius 1 is 1.47 bits per heavy atom. The molecule has 0 amide bonds. The van der Waals surface area contributed by atoms with Crippen molar-refractivity contribution >= 4 is 28.5 Å². The number of aromatic nitrogens is 1. The number of amidine groups is 1. The molecule has 5 heteroatoms. The number of H-pyrrole nitrogens is 1. The zero-order valence-corrected chi connectivity index (χ0v) is 8.79. The van der Waals surface area contributed by atoms with E-state index >= 15 is 0 Å². The SMILES string of the molecule is NC(CSc1cc2ccccc2[nH]1)=NO. The summed E-state index contributed by atoms with van der Waals surface area (Å²) in [4.78, 5) is 3.25. The van der Waals surface area contributed by atoms with Crippen LogP contribution in [0.5, 0.6) is 0 Å². The minimum absolute atomic E-state index is 0.221. The van der Waals surface area contributed by atoms with Crippen molar-refractivity contribution in [2.24, 2.45) is 10.9 Å². The molecule has 1 heterocycles. The first-order valence-electron chi connectivity index (χ1n) is 4.46. The van der Waals surface area contributed by atoms with Crippen molar-refractivity contribution in [2.75, 3.05) is 5.75 Å². The molecule has 0 bridgehead atoms. The van der Waals surface area contributed by atoms with Crippen molar-refractivity contribution < 1.29 is 5.21 Å². The van der Waals surface area contributed by atoms with Crippen LogP contribution in [-0.4, -0.2) is 21.8 Å². The van der Waals surface area contributed by atoms with E-state index in [0.717, 1.165) is 10.5 Å². The third-order valence-electron chi connectivity index (χ3n) is 2.01. The van der Waals surface area contributed by atoms with Gasteiger partial charge in [-0.1, -0.05) is 23.4 Å². The molecule has 2 aromatic rings. The van der Waals surface area contributed by atoms with E-state index in [9.17, 15) is 0 Å². The molecule has 0 unspecified atom stereocenters. The number of oxime groups is 1. The molecule has 15 heavy (non-hydrogen) atoms. The average molecular weight is 221 g/mol. The van der Waals surface area contributed by atoms with Crippen LogP contribution in [0.25, 0.3) is 10.9 Å². The molecule has 4 nitrogen and oxygen atoms in total. The minimum atomic E-state index is 0.221. The lowest BCUT2D eigenvalue weighted by Gasteiger charge is -1.95. The standard InChI is InChI=1S/C10H11N3OS/c11-9(13-14)6-15-10-5-7-3-1-2-4-8(7)12-10/h1-5,12,14H,6H2,(H2,11,13). The number of para-hydroxylation sites is 1. The van der Waals surface area contributed by atoms with Gasteiger partial charge in [0, 0.05) is 10.9 Å². The molecular formula is C10H11N3OS. The molecule has 0 atom stereocenters. The van der Waals surface area contributed by atoms with Gasteiger partial charge < -0.3 is 15.9 Å². The van der Waals surface area contributed by atoms with E-state index in [-0.39, 0.29) is 5.84 Å². The Morgan fingerprint density at radius 3 is 3.00 bits per heavy atom. The Kier molecular flexibility index (Phi) is 2.82. The number of thioether (sulfide) groups is 1. The number of hydrogen-bond acceptors (Lipinski definition) is 3. The van der Waals surface area contributed by atoms with Gasteiger partial charge >= 0.3 is 0 Å². The highest BCUT2D eigenvalue weighted by Crippen LogP contribution is 2.22. The third kappa shape index (κ3) is 2.24. The van der Waals surface area contributed by atoms with Crippen LogP contribution in [0.4, 0.5) is 0 Å². The number of aromatic amines is 1. The van der Waals surface area contributed by atoms with Gasteiger partial charge in [-0.3, -0.25) is 0 Å². The van der Waals surface area contributed by atoms with E-state index in [1.807, 2.05) is 30.3 Å². The first-order valence-corrected chi connectivity index (χ1v) is 5.45. The Bertz CT molecular complexity index is 459. The Hall–Kier alpha value is -1.62. The van der Waals surface area contributed by atoms with E-state index < -0.39 is 0 Å². The van der Waals surface area contributed by atoms with Crippen LogP contribution in [-0.2, 0) is 0 Å². The highest BCUT2D eigenvalue weighted by atomic mass is 32.2. The zero-order chi connectivity index (χ0) is 10.7. The van der Waals surface area contributed by atoms with E-state index in [2.05, 4.69) is 10.1 Å². The summed E-state index contributed by atoms with van der Waals surface area (Å²) in [7, 11) is 0. The van der Waals surface area contributed by atoms with Gasteiger partial charge in [0.2, 0.25) is 0 Å². The lowest BCUT2D eigenvalue weighted by molar-refractivity contribution is 0.318. The van der Waals surface area contributed by atoms with Crippen molar-refractivity contribution in [1.82, 2.24) is 4.98 Å². The summed E-state index contributed by atoms with van der Waals surface area (Å²) in [5.41, 5.74) is 6.48. The predicted molar refractivity (Wildman–Crippen MR) is 62.4 cm³/mol. The van der Waals surface area contributed by atoms with Crippen molar-refractivity contribution in [3.63, 3.8) is 0 Å². The molecule has 1 aromatic carbocycles. The lowest BCUT2D eigenvalue weighted by Crippen LogP contribution is -2.14. The van der Waals surface area contributed by atoms with Gasteiger partial charge in [0.25, 0.3) is 0 Å². The molecule has 0 fully saturated rings. The van der Waals surface area contributed by atoms with Crippen LogP contribution in [0.1, 0.15) is 0 Å². The molecule has 0 radical (unpaired) electrons. The van der Waals surface area contributed by atoms with Crippen LogP contribution in [0.2, 0.25) is 0 Å². The molecule has 0 aliphatic rings. The maximum atomic E-state index is 8.39. The van der Waals surface area contributed by atoms with Crippen LogP contribution in [0, 0.1) is 0 Å². The average Bonchev–Trinajstić information content (AvgIpc) is 2.68. The summed E-state index contributed by atoms with van der Waals surface area (Å²) in [6.45, 7) is 0. The molecule has 78 valence electrons. The second-order valence-electron chi connectivity index (χ2n) is 3.10. The van der Waals surface area contributed by atoms with Crippen LogP contribution in [0.15, 0.2) is 40.5 Å². The molecule has 0 aliphatic heterocycles. The van der Waals surface area contributed by atoms with Crippen LogP contribution in [0.3, 0.4) is 0 Å². The first kappa shape index (κ1) is 9.92. The van der Waals surface area contributed by atoms with Crippen molar-refractivity contribution in [3.8, 4) is 0 Å². The van der Waals surface area contributed by atoms with Crippen LogP contribution < -0.4 is 5.73 Å². The second-order valence-corrected chi connectivity index (χ2v) is 4.12. The Morgan fingerprint density at radius 2 is 2.27 bits per heavy atom. The van der Waals surface area contributed by atoms with Crippen LogP contribution >= 0.6 is 11.8 Å². The smallest absolute Gasteiger partial charge is 0.149 e. The van der Waals surface area contributed by atoms with Gasteiger partial charge in [-0.2, -0.15) is 0 Å². The van der Waals surface area contributed by atoms with Crippen molar-refractivity contribution in [2.45, 2.75) is 5.03 Å². The molecule has 4 N–H and O–H groups in total. The number of nitrogens with two attached hydrogens (primary N) is 1. The fourth-order valence-electron chi connectivity index (χ4n) is 1.31. The molecular weight excluding hydrogens is 210 g/mol. The highest BCUT2D eigenvalue weighted by molar-refractivity contribution is 7.99. The molecule has 0 saturated heterocycles. The number of rotatable bonds is 3. The third-order valence-corrected chi connectivity index (χ3v) is 2.98. The first-order chi connectivity index (χ1) is 7.29. The highest BCUT2D eigenvalue weighted by Gasteiger charge is 2.01. The molecule has 2 rings (SSSR count). The van der Waals surface area contributed by atoms with E-state index in [0.29, 0.717) is 5.75 Å². The molecule has 0 saturated carbocycles. The van der Waals surface area contributed by atoms with E-state index in [1.54, 1.807) is 0 Å². The monoisotopic (exact) mass is 221 g/mol. The lowest BCUT2D eigenvalue weighted by atomic mass is 10.3. The predicted octanol–water partition coefficient (Wildman–Crippen LogP) is 2.01. The fraction of sp³-hybridized carbons (Fsp3) is 0.100. The number of nitrogens with one attached hydrogen (secondary N) is 1. The summed E-state index contributed by atoms with van der Waals surface area (Å²) >= 11 is 1.51. The summed E-state index contributed by atoms with van der Waals surface area (Å²) in [6.07, 6.45) is 0. The van der Waals surface area contributed by atoms with Gasteiger partial charge in [0.05, 0.1) is 10.8 Å². The molecule has 0 spiro atoms. The molecule has 1 aromatic heterocycles. The zero-order valence-electron chi connectivity index (χ0n) is 7.97. The minimum Gasteiger partial charge on any atom is -0.409 e. The second kappa shape index (κ2) is 4.27. The van der Waals surface area contributed by atoms with Gasteiger partial charge in [-0.25, -0.2) is 0 Å². The van der Waals surface area contributed by atoms with Crippen molar-refractivity contribution in [3.05, 3.63) is 30.3 Å². The summed E-state index contributed by atoms with van der Waals surface area (Å²) in [6, 6.07) is 10.1. The van der Waals surface area contributed by atoms with E-state index in [4.69, 9.17) is 10.9 Å². The number of fused-ring (bicyclic) bond motifs is 1. The molecule has 0 aliphatic carbocycles. The summed E-state index contributed by atoms with van der Waals surface area (Å²) in [5.74, 6) is 0.696. The van der Waals surface area contributed by atoms with Gasteiger partial charge in [-0.05, 0) is 12.1 Å². The topological polar surface area (TPSA) is 74.4 Å². The van der Waals surface area contributed by atoms with Crippen molar-refractivity contribution in [1.29, 1.82) is 0 Å². The number of hydrogen-bond donors (Lipinski definition) is 3. The van der Waals surface area contributed by atoms with Gasteiger partial charge in [0.1, 0.15) is 5.84 Å². The quantitative estimate of drug-likeness (QED) is 0.244. The van der Waals surface area contributed by atoms with E-state index in [1.165, 1.54) is 17.1 Å². The Balaban J connectivity index is 2.15. The maximum Gasteiger partial charge on any atom is 0.149 e.